The lowest BCUT2D eigenvalue weighted by molar-refractivity contribution is 0.419. The van der Waals surface area contributed by atoms with Gasteiger partial charge in [-0.25, -0.2) is 13.1 Å². The highest BCUT2D eigenvalue weighted by Crippen LogP contribution is 2.19. The average molecular weight is 272 g/mol. The average Bonchev–Trinajstić information content (AvgIpc) is 2.89. The van der Waals surface area contributed by atoms with Gasteiger partial charge in [-0.05, 0) is 30.4 Å². The Bertz CT molecular complexity index is 572. The van der Waals surface area contributed by atoms with Crippen LogP contribution in [0.15, 0.2) is 32.6 Å². The van der Waals surface area contributed by atoms with Gasteiger partial charge in [-0.2, -0.15) is 0 Å². The predicted octanol–water partition coefficient (Wildman–Crippen LogP) is 1.57. The Morgan fingerprint density at radius 2 is 2.35 bits per heavy atom. The van der Waals surface area contributed by atoms with Crippen molar-refractivity contribution in [3.05, 3.63) is 35.0 Å². The van der Waals surface area contributed by atoms with Gasteiger partial charge in [-0.15, -0.1) is 11.3 Å². The van der Waals surface area contributed by atoms with E-state index in [1.54, 1.807) is 12.3 Å². The van der Waals surface area contributed by atoms with Crippen LogP contribution in [-0.2, 0) is 16.4 Å². The van der Waals surface area contributed by atoms with Gasteiger partial charge in [0, 0.05) is 12.1 Å². The zero-order valence-corrected chi connectivity index (χ0v) is 10.8. The fraction of sp³-hybridized carbons (Fsp3) is 0.300. The maximum Gasteiger partial charge on any atom is 0.250 e. The second-order valence-corrected chi connectivity index (χ2v) is 6.53. The summed E-state index contributed by atoms with van der Waals surface area (Å²) in [5.41, 5.74) is 1.82. The molecule has 0 aliphatic carbocycles. The SMILES string of the molecule is Cc1csc(S(=O)(=O)NCCc2cnoc2)c1. The molecule has 0 aromatic carbocycles. The molecule has 7 heteroatoms. The molecule has 0 radical (unpaired) electrons. The van der Waals surface area contributed by atoms with Crippen molar-refractivity contribution in [2.75, 3.05) is 6.54 Å². The van der Waals surface area contributed by atoms with E-state index in [1.165, 1.54) is 17.6 Å². The lowest BCUT2D eigenvalue weighted by Gasteiger charge is -2.02. The molecule has 0 atom stereocenters. The summed E-state index contributed by atoms with van der Waals surface area (Å²) in [6, 6.07) is 1.66. The molecule has 2 rings (SSSR count). The fourth-order valence-corrected chi connectivity index (χ4v) is 3.60. The Morgan fingerprint density at radius 1 is 1.53 bits per heavy atom. The molecule has 17 heavy (non-hydrogen) atoms. The number of nitrogens with zero attached hydrogens (tertiary/aromatic N) is 1. The van der Waals surface area contributed by atoms with E-state index in [1.807, 2.05) is 12.3 Å². The van der Waals surface area contributed by atoms with Crippen LogP contribution in [0, 0.1) is 6.92 Å². The Labute approximate surface area is 103 Å². The molecule has 92 valence electrons. The van der Waals surface area contributed by atoms with Gasteiger partial charge >= 0.3 is 0 Å². The van der Waals surface area contributed by atoms with Gasteiger partial charge in [-0.3, -0.25) is 0 Å². The van der Waals surface area contributed by atoms with Crippen LogP contribution >= 0.6 is 11.3 Å². The Kier molecular flexibility index (Phi) is 3.60. The zero-order valence-electron chi connectivity index (χ0n) is 9.21. The monoisotopic (exact) mass is 272 g/mol. The van der Waals surface area contributed by atoms with Crippen molar-refractivity contribution < 1.29 is 12.9 Å². The summed E-state index contributed by atoms with van der Waals surface area (Å²) in [6.07, 6.45) is 3.64. The van der Waals surface area contributed by atoms with E-state index in [2.05, 4.69) is 14.4 Å². The van der Waals surface area contributed by atoms with Gasteiger partial charge in [0.15, 0.2) is 0 Å². The summed E-state index contributed by atoms with van der Waals surface area (Å²) in [5.74, 6) is 0. The third-order valence-corrected chi connectivity index (χ3v) is 5.18. The number of aryl methyl sites for hydroxylation is 1. The maximum absolute atomic E-state index is 11.8. The van der Waals surface area contributed by atoms with Crippen molar-refractivity contribution in [1.29, 1.82) is 0 Å². The number of nitrogens with one attached hydrogen (secondary N) is 1. The van der Waals surface area contributed by atoms with Crippen LogP contribution in [0.25, 0.3) is 0 Å². The molecular formula is C10H12N2O3S2. The molecule has 0 saturated carbocycles. The van der Waals surface area contributed by atoms with Gasteiger partial charge in [0.1, 0.15) is 10.5 Å². The summed E-state index contributed by atoms with van der Waals surface area (Å²) >= 11 is 1.22. The second kappa shape index (κ2) is 4.99. The van der Waals surface area contributed by atoms with Crippen molar-refractivity contribution in [3.63, 3.8) is 0 Å². The minimum atomic E-state index is -3.38. The van der Waals surface area contributed by atoms with E-state index < -0.39 is 10.0 Å². The first-order chi connectivity index (χ1) is 8.08. The highest BCUT2D eigenvalue weighted by Gasteiger charge is 2.15. The van der Waals surface area contributed by atoms with Gasteiger partial charge < -0.3 is 4.52 Å². The molecule has 0 aliphatic rings. The summed E-state index contributed by atoms with van der Waals surface area (Å²) in [5, 5.41) is 5.36. The molecule has 0 spiro atoms. The van der Waals surface area contributed by atoms with Crippen molar-refractivity contribution in [2.45, 2.75) is 17.6 Å². The molecular weight excluding hydrogens is 260 g/mol. The quantitative estimate of drug-likeness (QED) is 0.896. The van der Waals surface area contributed by atoms with Gasteiger partial charge in [-0.1, -0.05) is 5.16 Å². The zero-order chi connectivity index (χ0) is 12.3. The van der Waals surface area contributed by atoms with E-state index in [0.29, 0.717) is 17.2 Å². The lowest BCUT2D eigenvalue weighted by atomic mass is 10.3. The smallest absolute Gasteiger partial charge is 0.250 e. The Morgan fingerprint density at radius 3 is 2.94 bits per heavy atom. The van der Waals surface area contributed by atoms with Crippen molar-refractivity contribution in [3.8, 4) is 0 Å². The van der Waals surface area contributed by atoms with E-state index in [9.17, 15) is 8.42 Å². The van der Waals surface area contributed by atoms with Crippen molar-refractivity contribution in [2.24, 2.45) is 0 Å². The molecule has 2 aromatic rings. The van der Waals surface area contributed by atoms with Gasteiger partial charge in [0.25, 0.3) is 0 Å². The molecule has 0 unspecified atom stereocenters. The van der Waals surface area contributed by atoms with E-state index in [4.69, 9.17) is 0 Å². The minimum Gasteiger partial charge on any atom is -0.364 e. The largest absolute Gasteiger partial charge is 0.364 e. The first-order valence-corrected chi connectivity index (χ1v) is 7.37. The normalized spacial score (nSPS) is 11.8. The van der Waals surface area contributed by atoms with Crippen LogP contribution in [-0.4, -0.2) is 20.1 Å². The third-order valence-electron chi connectivity index (χ3n) is 2.16. The molecule has 2 aromatic heterocycles. The number of hydrogen-bond donors (Lipinski definition) is 1. The standard InChI is InChI=1S/C10H12N2O3S2/c1-8-4-10(16-7-8)17(13,14)12-3-2-9-5-11-15-6-9/h4-7,12H,2-3H2,1H3. The highest BCUT2D eigenvalue weighted by molar-refractivity contribution is 7.91. The van der Waals surface area contributed by atoms with Crippen molar-refractivity contribution in [1.82, 2.24) is 9.88 Å². The molecule has 0 saturated heterocycles. The fourth-order valence-electron chi connectivity index (χ4n) is 1.30. The maximum atomic E-state index is 11.8. The number of thiophene rings is 1. The van der Waals surface area contributed by atoms with E-state index >= 15 is 0 Å². The first-order valence-electron chi connectivity index (χ1n) is 5.01. The molecule has 0 aliphatic heterocycles. The topological polar surface area (TPSA) is 72.2 Å². The molecule has 0 bridgehead atoms. The number of hydrogen-bond acceptors (Lipinski definition) is 5. The van der Waals surface area contributed by atoms with Crippen LogP contribution in [0.2, 0.25) is 0 Å². The minimum absolute atomic E-state index is 0.334. The second-order valence-electron chi connectivity index (χ2n) is 3.62. The number of sulfonamides is 1. The van der Waals surface area contributed by atoms with E-state index in [-0.39, 0.29) is 0 Å². The van der Waals surface area contributed by atoms with Crippen LogP contribution in [0.4, 0.5) is 0 Å². The molecule has 0 amide bonds. The lowest BCUT2D eigenvalue weighted by Crippen LogP contribution is -2.25. The molecule has 5 nitrogen and oxygen atoms in total. The summed E-state index contributed by atoms with van der Waals surface area (Å²) < 4.78 is 31.2. The van der Waals surface area contributed by atoms with Crippen molar-refractivity contribution >= 4 is 21.4 Å². The molecule has 0 fully saturated rings. The summed E-state index contributed by atoms with van der Waals surface area (Å²) in [7, 11) is -3.38. The summed E-state index contributed by atoms with van der Waals surface area (Å²) in [6.45, 7) is 2.20. The number of rotatable bonds is 5. The predicted molar refractivity (Wildman–Crippen MR) is 64.5 cm³/mol. The van der Waals surface area contributed by atoms with Crippen LogP contribution in [0.1, 0.15) is 11.1 Å². The third kappa shape index (κ3) is 3.15. The first kappa shape index (κ1) is 12.3. The Balaban J connectivity index is 1.94. The van der Waals surface area contributed by atoms with Gasteiger partial charge in [0.05, 0.1) is 6.20 Å². The highest BCUT2D eigenvalue weighted by atomic mass is 32.2. The number of aromatic nitrogens is 1. The molecule has 2 heterocycles. The Hall–Kier alpha value is -1.18. The molecule has 1 N–H and O–H groups in total. The van der Waals surface area contributed by atoms with Crippen LogP contribution in [0.5, 0.6) is 0 Å². The van der Waals surface area contributed by atoms with Crippen LogP contribution in [0.3, 0.4) is 0 Å². The van der Waals surface area contributed by atoms with Crippen LogP contribution < -0.4 is 4.72 Å². The summed E-state index contributed by atoms with van der Waals surface area (Å²) in [4.78, 5) is 0. The van der Waals surface area contributed by atoms with E-state index in [0.717, 1.165) is 11.1 Å². The van der Waals surface area contributed by atoms with Gasteiger partial charge in [0.2, 0.25) is 10.0 Å².